The van der Waals surface area contributed by atoms with E-state index in [-0.39, 0.29) is 0 Å². The van der Waals surface area contributed by atoms with E-state index in [1.807, 2.05) is 24.3 Å². The lowest BCUT2D eigenvalue weighted by molar-refractivity contribution is 0.354. The fraction of sp³-hybridized carbons (Fsp3) is 0.214. The van der Waals surface area contributed by atoms with Gasteiger partial charge in [-0.3, -0.25) is 0 Å². The van der Waals surface area contributed by atoms with E-state index in [0.29, 0.717) is 5.69 Å². The van der Waals surface area contributed by atoms with Crippen molar-refractivity contribution in [2.45, 2.75) is 17.2 Å². The number of nitrogens with two attached hydrogens (primary N) is 1. The smallest absolute Gasteiger partial charge is 0.126 e. The number of nitrogens with zero attached hydrogens (tertiary/aromatic N) is 1. The highest BCUT2D eigenvalue weighted by molar-refractivity contribution is 7.98. The van der Waals surface area contributed by atoms with Crippen LogP contribution >= 0.6 is 23.4 Å². The van der Waals surface area contributed by atoms with Crippen molar-refractivity contribution >= 4 is 29.1 Å². The Balaban J connectivity index is 1.83. The van der Waals surface area contributed by atoms with Crippen LogP contribution in [0.15, 0.2) is 35.5 Å². The van der Waals surface area contributed by atoms with Crippen LogP contribution in [0.4, 0.5) is 5.69 Å². The molecule has 0 amide bonds. The highest BCUT2D eigenvalue weighted by atomic mass is 35.5. The molecule has 0 radical (unpaired) electrons. The standard InChI is InChI=1S/C14H13ClN2OS/c15-11-6-9-3-5-18-13(9)10(7-11)8-19-14-12(16)2-1-4-17-14/h1-2,4,6-7H,3,5,8,16H2. The third kappa shape index (κ3) is 2.65. The van der Waals surface area contributed by atoms with Gasteiger partial charge in [-0.15, -0.1) is 0 Å². The molecule has 2 heterocycles. The molecule has 3 rings (SSSR count). The number of halogens is 1. The van der Waals surface area contributed by atoms with Gasteiger partial charge in [-0.2, -0.15) is 0 Å². The van der Waals surface area contributed by atoms with Gasteiger partial charge in [-0.25, -0.2) is 4.98 Å². The molecule has 0 atom stereocenters. The van der Waals surface area contributed by atoms with E-state index < -0.39 is 0 Å². The first kappa shape index (κ1) is 12.6. The maximum atomic E-state index is 6.14. The number of pyridine rings is 1. The van der Waals surface area contributed by atoms with E-state index in [1.54, 1.807) is 18.0 Å². The summed E-state index contributed by atoms with van der Waals surface area (Å²) < 4.78 is 5.68. The van der Waals surface area contributed by atoms with Crippen molar-refractivity contribution in [2.24, 2.45) is 0 Å². The Morgan fingerprint density at radius 2 is 2.32 bits per heavy atom. The molecule has 0 saturated heterocycles. The van der Waals surface area contributed by atoms with Crippen LogP contribution in [0.5, 0.6) is 5.75 Å². The number of aromatic nitrogens is 1. The number of thioether (sulfide) groups is 1. The van der Waals surface area contributed by atoms with Crippen molar-refractivity contribution < 1.29 is 4.74 Å². The van der Waals surface area contributed by atoms with E-state index in [2.05, 4.69) is 4.98 Å². The lowest BCUT2D eigenvalue weighted by Gasteiger charge is -2.09. The summed E-state index contributed by atoms with van der Waals surface area (Å²) >= 11 is 7.74. The minimum atomic E-state index is 0.701. The van der Waals surface area contributed by atoms with Crippen molar-refractivity contribution in [3.63, 3.8) is 0 Å². The molecular weight excluding hydrogens is 280 g/mol. The van der Waals surface area contributed by atoms with Gasteiger partial charge < -0.3 is 10.5 Å². The van der Waals surface area contributed by atoms with Crippen molar-refractivity contribution in [2.75, 3.05) is 12.3 Å². The summed E-state index contributed by atoms with van der Waals surface area (Å²) in [5.74, 6) is 1.73. The zero-order chi connectivity index (χ0) is 13.2. The second kappa shape index (κ2) is 5.31. The first-order chi connectivity index (χ1) is 9.24. The van der Waals surface area contributed by atoms with Gasteiger partial charge in [0.15, 0.2) is 0 Å². The fourth-order valence-electron chi connectivity index (χ4n) is 2.12. The van der Waals surface area contributed by atoms with Crippen LogP contribution in [-0.2, 0) is 12.2 Å². The van der Waals surface area contributed by atoms with E-state index in [9.17, 15) is 0 Å². The zero-order valence-corrected chi connectivity index (χ0v) is 11.8. The number of hydrogen-bond donors (Lipinski definition) is 1. The SMILES string of the molecule is Nc1cccnc1SCc1cc(Cl)cc2c1OCC2. The van der Waals surface area contributed by atoms with Crippen LogP contribution in [0, 0.1) is 0 Å². The van der Waals surface area contributed by atoms with Crippen LogP contribution in [0.2, 0.25) is 5.02 Å². The van der Waals surface area contributed by atoms with E-state index in [1.165, 1.54) is 5.56 Å². The summed E-state index contributed by atoms with van der Waals surface area (Å²) in [6.45, 7) is 0.735. The Bertz CT molecular complexity index is 618. The summed E-state index contributed by atoms with van der Waals surface area (Å²) in [6.07, 6.45) is 2.68. The van der Waals surface area contributed by atoms with Crippen molar-refractivity contribution in [3.8, 4) is 5.75 Å². The first-order valence-electron chi connectivity index (χ1n) is 6.01. The molecule has 1 aliphatic rings. The molecule has 1 aliphatic heterocycles. The molecule has 3 nitrogen and oxygen atoms in total. The molecule has 0 saturated carbocycles. The molecule has 1 aromatic heterocycles. The quantitative estimate of drug-likeness (QED) is 0.879. The normalized spacial score (nSPS) is 13.1. The maximum absolute atomic E-state index is 6.14. The molecule has 0 fully saturated rings. The van der Waals surface area contributed by atoms with Gasteiger partial charge in [-0.1, -0.05) is 23.4 Å². The highest BCUT2D eigenvalue weighted by Gasteiger charge is 2.17. The lowest BCUT2D eigenvalue weighted by Crippen LogP contribution is -1.93. The molecule has 98 valence electrons. The Hall–Kier alpha value is -1.39. The monoisotopic (exact) mass is 292 g/mol. The second-order valence-corrected chi connectivity index (χ2v) is 5.74. The summed E-state index contributed by atoms with van der Waals surface area (Å²) in [7, 11) is 0. The number of rotatable bonds is 3. The molecule has 0 spiro atoms. The zero-order valence-electron chi connectivity index (χ0n) is 10.2. The van der Waals surface area contributed by atoms with E-state index in [4.69, 9.17) is 22.1 Å². The van der Waals surface area contributed by atoms with Gasteiger partial charge in [0.05, 0.1) is 12.3 Å². The van der Waals surface area contributed by atoms with E-state index in [0.717, 1.165) is 40.1 Å². The maximum Gasteiger partial charge on any atom is 0.126 e. The second-order valence-electron chi connectivity index (χ2n) is 4.34. The summed E-state index contributed by atoms with van der Waals surface area (Å²) in [4.78, 5) is 4.27. The molecule has 0 aliphatic carbocycles. The number of fused-ring (bicyclic) bond motifs is 1. The molecule has 0 bridgehead atoms. The predicted molar refractivity (Wildman–Crippen MR) is 78.9 cm³/mol. The minimum absolute atomic E-state index is 0.701. The predicted octanol–water partition coefficient (Wildman–Crippen LogP) is 3.54. The number of nitrogen functional groups attached to an aromatic ring is 1. The molecule has 0 unspecified atom stereocenters. The van der Waals surface area contributed by atoms with Crippen molar-refractivity contribution in [3.05, 3.63) is 46.6 Å². The van der Waals surface area contributed by atoms with Crippen LogP contribution in [0.3, 0.4) is 0 Å². The minimum Gasteiger partial charge on any atom is -0.493 e. The Kier molecular flexibility index (Phi) is 3.53. The third-order valence-electron chi connectivity index (χ3n) is 2.99. The Morgan fingerprint density at radius 3 is 3.16 bits per heavy atom. The van der Waals surface area contributed by atoms with Crippen LogP contribution in [-0.4, -0.2) is 11.6 Å². The fourth-order valence-corrected chi connectivity index (χ4v) is 3.26. The number of benzene rings is 1. The van der Waals surface area contributed by atoms with Crippen LogP contribution in [0.1, 0.15) is 11.1 Å². The number of anilines is 1. The summed E-state index contributed by atoms with van der Waals surface area (Å²) in [6, 6.07) is 7.62. The number of ether oxygens (including phenoxy) is 1. The van der Waals surface area contributed by atoms with Gasteiger partial charge in [0, 0.05) is 29.0 Å². The van der Waals surface area contributed by atoms with Gasteiger partial charge in [-0.05, 0) is 29.8 Å². The molecule has 2 aromatic rings. The highest BCUT2D eigenvalue weighted by Crippen LogP contribution is 2.36. The molecule has 2 N–H and O–H groups in total. The lowest BCUT2D eigenvalue weighted by atomic mass is 10.1. The largest absolute Gasteiger partial charge is 0.493 e. The van der Waals surface area contributed by atoms with Gasteiger partial charge in [0.25, 0.3) is 0 Å². The Morgan fingerprint density at radius 1 is 1.42 bits per heavy atom. The number of hydrogen-bond acceptors (Lipinski definition) is 4. The topological polar surface area (TPSA) is 48.1 Å². The summed E-state index contributed by atoms with van der Waals surface area (Å²) in [5.41, 5.74) is 8.89. The Labute approximate surface area is 121 Å². The van der Waals surface area contributed by atoms with E-state index >= 15 is 0 Å². The first-order valence-corrected chi connectivity index (χ1v) is 7.38. The third-order valence-corrected chi connectivity index (χ3v) is 4.28. The molecule has 19 heavy (non-hydrogen) atoms. The van der Waals surface area contributed by atoms with Crippen LogP contribution < -0.4 is 10.5 Å². The average Bonchev–Trinajstić information content (AvgIpc) is 2.85. The van der Waals surface area contributed by atoms with Crippen LogP contribution in [0.25, 0.3) is 0 Å². The molecule has 5 heteroatoms. The molecular formula is C14H13ClN2OS. The van der Waals surface area contributed by atoms with Crippen molar-refractivity contribution in [1.29, 1.82) is 0 Å². The summed E-state index contributed by atoms with van der Waals surface area (Å²) in [5, 5.41) is 1.60. The molecule has 1 aromatic carbocycles. The average molecular weight is 293 g/mol. The van der Waals surface area contributed by atoms with Gasteiger partial charge >= 0.3 is 0 Å². The van der Waals surface area contributed by atoms with Gasteiger partial charge in [0.1, 0.15) is 10.8 Å². The van der Waals surface area contributed by atoms with Crippen molar-refractivity contribution in [1.82, 2.24) is 4.98 Å². The van der Waals surface area contributed by atoms with Gasteiger partial charge in [0.2, 0.25) is 0 Å².